The van der Waals surface area contributed by atoms with E-state index in [0.717, 1.165) is 53.7 Å². The van der Waals surface area contributed by atoms with Crippen LogP contribution in [0.15, 0.2) is 97.1 Å². The largest absolute Gasteiger partial charge is 0.488 e. The Labute approximate surface area is 281 Å². The number of methoxy groups -OCH3 is 1. The molecule has 48 heavy (non-hydrogen) atoms. The first kappa shape index (κ1) is 32.9. The normalized spacial score (nSPS) is 15.0. The van der Waals surface area contributed by atoms with E-state index >= 15 is 0 Å². The van der Waals surface area contributed by atoms with Gasteiger partial charge in [0.15, 0.2) is 5.69 Å². The molecule has 1 fully saturated rings. The maximum atomic E-state index is 13.0. The van der Waals surface area contributed by atoms with Gasteiger partial charge in [0.1, 0.15) is 36.1 Å². The predicted octanol–water partition coefficient (Wildman–Crippen LogP) is 6.96. The summed E-state index contributed by atoms with van der Waals surface area (Å²) in [6.45, 7) is 7.31. The number of aliphatic hydroxyl groups is 1. The van der Waals surface area contributed by atoms with Gasteiger partial charge in [-0.15, -0.1) is 5.10 Å². The van der Waals surface area contributed by atoms with E-state index in [1.807, 2.05) is 97.1 Å². The summed E-state index contributed by atoms with van der Waals surface area (Å²) >= 11 is 0. The lowest BCUT2D eigenvalue weighted by Crippen LogP contribution is -2.37. The van der Waals surface area contributed by atoms with Crippen LogP contribution in [-0.2, 0) is 24.5 Å². The highest BCUT2D eigenvalue weighted by Gasteiger charge is 2.26. The van der Waals surface area contributed by atoms with E-state index in [0.29, 0.717) is 42.6 Å². The first-order valence-electron chi connectivity index (χ1n) is 16.4. The Bertz CT molecular complexity index is 1810. The molecule has 1 saturated heterocycles. The standard InChI is InChI=1S/C39H42N4O5/c1-27(2)33-21-34(36(48-26-30-13-8-5-9-14-30)22-35(33)47-25-29-11-6-4-7-12-29)43-38(37(40-41-43)39(45)46-3)31-18-16-28(17-19-31)23-42-20-10-15-32(44)24-42/h4-9,11-14,16-19,21-22,27,32,44H,10,15,20,23-26H2,1-3H3/t32-/m1/s1. The highest BCUT2D eigenvalue weighted by molar-refractivity contribution is 5.94. The Balaban J connectivity index is 1.41. The van der Waals surface area contributed by atoms with E-state index in [1.165, 1.54) is 7.11 Å². The summed E-state index contributed by atoms with van der Waals surface area (Å²) in [7, 11) is 1.34. The molecular formula is C39H42N4O5. The van der Waals surface area contributed by atoms with Crippen LogP contribution in [0, 0.1) is 0 Å². The summed E-state index contributed by atoms with van der Waals surface area (Å²) in [4.78, 5) is 15.3. The lowest BCUT2D eigenvalue weighted by atomic mass is 10.00. The molecule has 0 bridgehead atoms. The molecule has 1 atom stereocenters. The predicted molar refractivity (Wildman–Crippen MR) is 184 cm³/mol. The summed E-state index contributed by atoms with van der Waals surface area (Å²) in [5.74, 6) is 0.774. The molecule has 248 valence electrons. The Hall–Kier alpha value is -4.99. The molecule has 9 heteroatoms. The minimum atomic E-state index is -0.582. The van der Waals surface area contributed by atoms with Gasteiger partial charge in [-0.25, -0.2) is 9.48 Å². The summed E-state index contributed by atoms with van der Waals surface area (Å²) in [5.41, 5.74) is 6.14. The summed E-state index contributed by atoms with van der Waals surface area (Å²) in [6, 6.07) is 32.0. The number of esters is 1. The Morgan fingerprint density at radius 2 is 1.52 bits per heavy atom. The molecule has 2 heterocycles. The van der Waals surface area contributed by atoms with Crippen LogP contribution in [-0.4, -0.2) is 57.3 Å². The Morgan fingerprint density at radius 3 is 2.12 bits per heavy atom. The molecular weight excluding hydrogens is 604 g/mol. The number of carbonyl (C=O) groups is 1. The van der Waals surface area contributed by atoms with Gasteiger partial charge in [0.05, 0.1) is 13.2 Å². The molecule has 0 unspecified atom stereocenters. The summed E-state index contributed by atoms with van der Waals surface area (Å²) < 4.78 is 19.7. The second-order valence-electron chi connectivity index (χ2n) is 12.5. The van der Waals surface area contributed by atoms with Gasteiger partial charge in [-0.2, -0.15) is 0 Å². The van der Waals surface area contributed by atoms with Crippen molar-refractivity contribution in [1.82, 2.24) is 19.9 Å². The lowest BCUT2D eigenvalue weighted by Gasteiger charge is -2.30. The highest BCUT2D eigenvalue weighted by atomic mass is 16.5. The van der Waals surface area contributed by atoms with E-state index in [2.05, 4.69) is 29.1 Å². The second-order valence-corrected chi connectivity index (χ2v) is 12.5. The number of piperidine rings is 1. The number of nitrogens with zero attached hydrogens (tertiary/aromatic N) is 4. The molecule has 9 nitrogen and oxygen atoms in total. The Kier molecular flexibility index (Phi) is 10.5. The molecule has 1 aromatic heterocycles. The van der Waals surface area contributed by atoms with E-state index in [1.54, 1.807) is 4.68 Å². The van der Waals surface area contributed by atoms with Gasteiger partial charge in [-0.05, 0) is 53.6 Å². The number of carbonyl (C=O) groups excluding carboxylic acids is 1. The quantitative estimate of drug-likeness (QED) is 0.145. The monoisotopic (exact) mass is 646 g/mol. The highest BCUT2D eigenvalue weighted by Crippen LogP contribution is 2.39. The topological polar surface area (TPSA) is 98.9 Å². The molecule has 1 aliphatic rings. The summed E-state index contributed by atoms with van der Waals surface area (Å²) in [5, 5.41) is 18.9. The fourth-order valence-electron chi connectivity index (χ4n) is 6.04. The van der Waals surface area contributed by atoms with Gasteiger partial charge >= 0.3 is 5.97 Å². The number of hydrogen-bond donors (Lipinski definition) is 1. The minimum absolute atomic E-state index is 0.105. The van der Waals surface area contributed by atoms with E-state index < -0.39 is 5.97 Å². The van der Waals surface area contributed by atoms with Crippen LogP contribution < -0.4 is 9.47 Å². The van der Waals surface area contributed by atoms with Crippen molar-refractivity contribution in [2.24, 2.45) is 0 Å². The number of aromatic nitrogens is 3. The van der Waals surface area contributed by atoms with Crippen molar-refractivity contribution in [2.45, 2.75) is 58.5 Å². The fraction of sp³-hybridized carbons (Fsp3) is 0.308. The first-order valence-corrected chi connectivity index (χ1v) is 16.4. The molecule has 0 amide bonds. The molecule has 6 rings (SSSR count). The zero-order valence-electron chi connectivity index (χ0n) is 27.7. The molecule has 1 N–H and O–H groups in total. The van der Waals surface area contributed by atoms with Gasteiger partial charge in [0.25, 0.3) is 0 Å². The average molecular weight is 647 g/mol. The number of benzene rings is 4. The van der Waals surface area contributed by atoms with Crippen LogP contribution in [0.5, 0.6) is 11.5 Å². The van der Waals surface area contributed by atoms with Crippen molar-refractivity contribution >= 4 is 5.97 Å². The number of aliphatic hydroxyl groups excluding tert-OH is 1. The van der Waals surface area contributed by atoms with Gasteiger partial charge in [0.2, 0.25) is 0 Å². The first-order chi connectivity index (χ1) is 23.4. The van der Waals surface area contributed by atoms with Crippen LogP contribution in [0.1, 0.15) is 65.3 Å². The van der Waals surface area contributed by atoms with Crippen molar-refractivity contribution < 1.29 is 24.1 Å². The van der Waals surface area contributed by atoms with Crippen LogP contribution in [0.3, 0.4) is 0 Å². The molecule has 0 saturated carbocycles. The van der Waals surface area contributed by atoms with Gasteiger partial charge in [-0.1, -0.05) is 104 Å². The molecule has 1 aliphatic heterocycles. The van der Waals surface area contributed by atoms with Crippen LogP contribution in [0.25, 0.3) is 16.9 Å². The van der Waals surface area contributed by atoms with E-state index in [4.69, 9.17) is 14.2 Å². The minimum Gasteiger partial charge on any atom is -0.488 e. The van der Waals surface area contributed by atoms with E-state index in [9.17, 15) is 9.90 Å². The zero-order valence-corrected chi connectivity index (χ0v) is 27.7. The third-order valence-corrected chi connectivity index (χ3v) is 8.58. The van der Waals surface area contributed by atoms with Crippen LogP contribution >= 0.6 is 0 Å². The summed E-state index contributed by atoms with van der Waals surface area (Å²) in [6.07, 6.45) is 1.54. The van der Waals surface area contributed by atoms with Crippen molar-refractivity contribution in [3.63, 3.8) is 0 Å². The molecule has 5 aromatic rings. The van der Waals surface area contributed by atoms with Crippen molar-refractivity contribution in [3.05, 3.63) is 125 Å². The van der Waals surface area contributed by atoms with Gasteiger partial charge in [-0.3, -0.25) is 4.90 Å². The molecule has 0 spiro atoms. The van der Waals surface area contributed by atoms with Gasteiger partial charge < -0.3 is 19.3 Å². The van der Waals surface area contributed by atoms with Gasteiger partial charge in [0, 0.05) is 24.7 Å². The zero-order chi connectivity index (χ0) is 33.5. The third kappa shape index (κ3) is 7.75. The van der Waals surface area contributed by atoms with Crippen LogP contribution in [0.2, 0.25) is 0 Å². The van der Waals surface area contributed by atoms with Crippen molar-refractivity contribution in [2.75, 3.05) is 20.2 Å². The maximum absolute atomic E-state index is 13.0. The number of ether oxygens (including phenoxy) is 3. The maximum Gasteiger partial charge on any atom is 0.360 e. The second kappa shape index (κ2) is 15.3. The van der Waals surface area contributed by atoms with Crippen molar-refractivity contribution in [1.29, 1.82) is 0 Å². The lowest BCUT2D eigenvalue weighted by molar-refractivity contribution is 0.0594. The fourth-order valence-corrected chi connectivity index (χ4v) is 6.04. The third-order valence-electron chi connectivity index (χ3n) is 8.58. The molecule has 4 aromatic carbocycles. The SMILES string of the molecule is COC(=O)c1nnn(-c2cc(C(C)C)c(OCc3ccccc3)cc2OCc2ccccc2)c1-c1ccc(CN2CCC[C@@H](O)C2)cc1. The number of likely N-dealkylation sites (tertiary alicyclic amines) is 1. The molecule has 0 aliphatic carbocycles. The molecule has 0 radical (unpaired) electrons. The average Bonchev–Trinajstić information content (AvgIpc) is 3.55. The Morgan fingerprint density at radius 1 is 0.875 bits per heavy atom. The van der Waals surface area contributed by atoms with Crippen molar-refractivity contribution in [3.8, 4) is 28.4 Å². The van der Waals surface area contributed by atoms with E-state index in [-0.39, 0.29) is 17.7 Å². The number of β-amino-alcohol motifs (C(OH)–C–C–N with tert-alkyl or cyclic N) is 1. The smallest absolute Gasteiger partial charge is 0.360 e. The van der Waals surface area contributed by atoms with Crippen LogP contribution in [0.4, 0.5) is 0 Å². The number of hydrogen-bond acceptors (Lipinski definition) is 8. The number of rotatable bonds is 12.